The lowest BCUT2D eigenvalue weighted by Crippen LogP contribution is -2.12. The maximum atomic E-state index is 12.9. The number of hydrogen-bond acceptors (Lipinski definition) is 5. The van der Waals surface area contributed by atoms with E-state index in [0.29, 0.717) is 24.8 Å². The van der Waals surface area contributed by atoms with E-state index in [0.717, 1.165) is 16.8 Å². The van der Waals surface area contributed by atoms with Crippen LogP contribution in [0, 0.1) is 5.82 Å². The molecule has 0 fully saturated rings. The second kappa shape index (κ2) is 8.41. The van der Waals surface area contributed by atoms with Crippen molar-refractivity contribution >= 4 is 0 Å². The molecule has 1 N–H and O–H groups in total. The molecule has 1 heterocycles. The van der Waals surface area contributed by atoms with E-state index in [4.69, 9.17) is 4.74 Å². The fourth-order valence-electron chi connectivity index (χ4n) is 2.71. The Kier molecular flexibility index (Phi) is 5.35. The van der Waals surface area contributed by atoms with Crippen LogP contribution in [-0.2, 0) is 13.1 Å². The number of tetrazole rings is 1. The molecule has 28 heavy (non-hydrogen) atoms. The Hall–Kier alpha value is -3.58. The van der Waals surface area contributed by atoms with Gasteiger partial charge in [0.25, 0.3) is 0 Å². The molecule has 0 bridgehead atoms. The summed E-state index contributed by atoms with van der Waals surface area (Å²) in [6.45, 7) is 1.36. The largest absolute Gasteiger partial charge is 0.423 e. The molecule has 0 aliphatic heterocycles. The average Bonchev–Trinajstić information content (AvgIpc) is 3.20. The fourth-order valence-corrected chi connectivity index (χ4v) is 2.71. The average molecular weight is 375 g/mol. The molecule has 4 aromatic rings. The topological polar surface area (TPSA) is 64.9 Å². The predicted molar refractivity (Wildman–Crippen MR) is 103 cm³/mol. The van der Waals surface area contributed by atoms with Gasteiger partial charge < -0.3 is 10.1 Å². The van der Waals surface area contributed by atoms with Crippen LogP contribution in [-0.4, -0.2) is 20.2 Å². The molecule has 0 amide bonds. The molecule has 4 rings (SSSR count). The molecule has 6 nitrogen and oxygen atoms in total. The van der Waals surface area contributed by atoms with Gasteiger partial charge in [0.2, 0.25) is 0 Å². The predicted octanol–water partition coefficient (Wildman–Crippen LogP) is 3.88. The van der Waals surface area contributed by atoms with Gasteiger partial charge in [0, 0.05) is 13.1 Å². The van der Waals surface area contributed by atoms with Crippen molar-refractivity contribution in [2.24, 2.45) is 0 Å². The molecule has 0 aliphatic carbocycles. The first kappa shape index (κ1) is 17.8. The Balaban J connectivity index is 1.35. The maximum Gasteiger partial charge on any atom is 0.345 e. The lowest BCUT2D eigenvalue weighted by atomic mass is 10.2. The Morgan fingerprint density at radius 2 is 1.46 bits per heavy atom. The van der Waals surface area contributed by atoms with E-state index in [-0.39, 0.29) is 5.82 Å². The Morgan fingerprint density at radius 3 is 2.14 bits per heavy atom. The molecular formula is C21H18FN5O. The van der Waals surface area contributed by atoms with Crippen molar-refractivity contribution in [3.8, 4) is 17.4 Å². The van der Waals surface area contributed by atoms with Gasteiger partial charge in [0.15, 0.2) is 0 Å². The van der Waals surface area contributed by atoms with Gasteiger partial charge in [-0.3, -0.25) is 0 Å². The summed E-state index contributed by atoms with van der Waals surface area (Å²) < 4.78 is 20.3. The van der Waals surface area contributed by atoms with E-state index >= 15 is 0 Å². The van der Waals surface area contributed by atoms with Crippen LogP contribution in [0.2, 0.25) is 0 Å². The normalized spacial score (nSPS) is 10.8. The number of nitrogens with one attached hydrogen (secondary N) is 1. The van der Waals surface area contributed by atoms with Crippen molar-refractivity contribution in [1.82, 2.24) is 25.5 Å². The lowest BCUT2D eigenvalue weighted by Gasteiger charge is -2.08. The van der Waals surface area contributed by atoms with Crippen molar-refractivity contribution in [2.75, 3.05) is 0 Å². The molecular weight excluding hydrogens is 357 g/mol. The highest BCUT2D eigenvalue weighted by atomic mass is 19.1. The van der Waals surface area contributed by atoms with Crippen LogP contribution < -0.4 is 10.1 Å². The first-order valence-electron chi connectivity index (χ1n) is 8.84. The lowest BCUT2D eigenvalue weighted by molar-refractivity contribution is 0.427. The SMILES string of the molecule is Fc1ccc(CNCc2ccc(Oc3nnnn3-c3ccccc3)cc2)cc1. The van der Waals surface area contributed by atoms with Crippen LogP contribution in [0.5, 0.6) is 11.8 Å². The summed E-state index contributed by atoms with van der Waals surface area (Å²) in [4.78, 5) is 0. The molecule has 0 saturated carbocycles. The van der Waals surface area contributed by atoms with Gasteiger partial charge in [0.05, 0.1) is 5.69 Å². The number of benzene rings is 3. The highest BCUT2D eigenvalue weighted by Crippen LogP contribution is 2.21. The molecule has 0 saturated heterocycles. The molecule has 0 unspecified atom stereocenters. The van der Waals surface area contributed by atoms with Gasteiger partial charge in [-0.05, 0) is 58.0 Å². The van der Waals surface area contributed by atoms with E-state index in [2.05, 4.69) is 20.8 Å². The number of rotatable bonds is 7. The van der Waals surface area contributed by atoms with E-state index < -0.39 is 0 Å². The number of hydrogen-bond donors (Lipinski definition) is 1. The molecule has 7 heteroatoms. The highest BCUT2D eigenvalue weighted by molar-refractivity contribution is 5.34. The van der Waals surface area contributed by atoms with Crippen LogP contribution in [0.15, 0.2) is 78.9 Å². The summed E-state index contributed by atoms with van der Waals surface area (Å²) >= 11 is 0. The van der Waals surface area contributed by atoms with Crippen molar-refractivity contribution in [1.29, 1.82) is 0 Å². The first-order chi connectivity index (χ1) is 13.8. The number of nitrogens with zero attached hydrogens (tertiary/aromatic N) is 4. The van der Waals surface area contributed by atoms with Gasteiger partial charge >= 0.3 is 6.01 Å². The Morgan fingerprint density at radius 1 is 0.821 bits per heavy atom. The van der Waals surface area contributed by atoms with Crippen LogP contribution in [0.4, 0.5) is 4.39 Å². The van der Waals surface area contributed by atoms with Crippen LogP contribution in [0.25, 0.3) is 5.69 Å². The minimum Gasteiger partial charge on any atom is -0.423 e. The standard InChI is InChI=1S/C21H18FN5O/c22-18-10-6-16(7-11-18)14-23-15-17-8-12-20(13-9-17)28-21-24-25-26-27(21)19-4-2-1-3-5-19/h1-13,23H,14-15H2. The van der Waals surface area contributed by atoms with Gasteiger partial charge in [-0.15, -0.1) is 0 Å². The minimum absolute atomic E-state index is 0.224. The van der Waals surface area contributed by atoms with Crippen molar-refractivity contribution in [2.45, 2.75) is 13.1 Å². The van der Waals surface area contributed by atoms with E-state index in [9.17, 15) is 4.39 Å². The molecule has 0 aliphatic rings. The second-order valence-corrected chi connectivity index (χ2v) is 6.18. The summed E-state index contributed by atoms with van der Waals surface area (Å²) in [6.07, 6.45) is 0. The monoisotopic (exact) mass is 375 g/mol. The zero-order valence-corrected chi connectivity index (χ0v) is 15.0. The molecule has 0 spiro atoms. The van der Waals surface area contributed by atoms with E-state index in [1.165, 1.54) is 16.8 Å². The van der Waals surface area contributed by atoms with Gasteiger partial charge in [0.1, 0.15) is 11.6 Å². The summed E-state index contributed by atoms with van der Waals surface area (Å²) in [7, 11) is 0. The first-order valence-corrected chi connectivity index (χ1v) is 8.84. The van der Waals surface area contributed by atoms with Crippen LogP contribution in [0.1, 0.15) is 11.1 Å². The zero-order chi connectivity index (χ0) is 19.2. The highest BCUT2D eigenvalue weighted by Gasteiger charge is 2.10. The van der Waals surface area contributed by atoms with Gasteiger partial charge in [-0.1, -0.05) is 47.6 Å². The smallest absolute Gasteiger partial charge is 0.345 e. The third-order valence-corrected chi connectivity index (χ3v) is 4.15. The third kappa shape index (κ3) is 4.39. The molecule has 0 atom stereocenters. The minimum atomic E-state index is -0.224. The molecule has 1 aromatic heterocycles. The quantitative estimate of drug-likeness (QED) is 0.531. The Labute approximate surface area is 161 Å². The maximum absolute atomic E-state index is 12.9. The van der Waals surface area contributed by atoms with Crippen molar-refractivity contribution in [3.05, 3.63) is 95.8 Å². The molecule has 140 valence electrons. The zero-order valence-electron chi connectivity index (χ0n) is 15.0. The van der Waals surface area contributed by atoms with E-state index in [1.807, 2.05) is 54.6 Å². The van der Waals surface area contributed by atoms with Crippen molar-refractivity contribution in [3.63, 3.8) is 0 Å². The fraction of sp³-hybridized carbons (Fsp3) is 0.0952. The summed E-state index contributed by atoms with van der Waals surface area (Å²) in [5.74, 6) is 0.423. The summed E-state index contributed by atoms with van der Waals surface area (Å²) in [5.41, 5.74) is 2.97. The van der Waals surface area contributed by atoms with Crippen molar-refractivity contribution < 1.29 is 9.13 Å². The van der Waals surface area contributed by atoms with Gasteiger partial charge in [-0.2, -0.15) is 4.68 Å². The van der Waals surface area contributed by atoms with Crippen LogP contribution in [0.3, 0.4) is 0 Å². The van der Waals surface area contributed by atoms with Gasteiger partial charge in [-0.25, -0.2) is 4.39 Å². The molecule has 0 radical (unpaired) electrons. The number of para-hydroxylation sites is 1. The van der Waals surface area contributed by atoms with E-state index in [1.54, 1.807) is 12.1 Å². The third-order valence-electron chi connectivity index (χ3n) is 4.15. The second-order valence-electron chi connectivity index (χ2n) is 6.18. The summed E-state index contributed by atoms with van der Waals surface area (Å²) in [6, 6.07) is 24.0. The number of halogens is 1. The Bertz CT molecular complexity index is 1020. The number of aromatic nitrogens is 4. The number of ether oxygens (including phenoxy) is 1. The van der Waals surface area contributed by atoms with Crippen LogP contribution >= 0.6 is 0 Å². The summed E-state index contributed by atoms with van der Waals surface area (Å²) in [5, 5.41) is 14.9. The molecule has 3 aromatic carbocycles.